The number of benzene rings is 2. The lowest BCUT2D eigenvalue weighted by atomic mass is 10.1. The molecular formula is C16H16N2O3. The van der Waals surface area contributed by atoms with E-state index in [1.807, 2.05) is 12.1 Å². The molecule has 0 aliphatic heterocycles. The zero-order valence-corrected chi connectivity index (χ0v) is 11.5. The Hall–Kier alpha value is -2.56. The fraction of sp³-hybridized carbons (Fsp3) is 0.250. The van der Waals surface area contributed by atoms with E-state index in [2.05, 4.69) is 17.4 Å². The Kier molecular flexibility index (Phi) is 3.48. The minimum Gasteiger partial charge on any atom is -0.508 e. The maximum absolute atomic E-state index is 11.0. The summed E-state index contributed by atoms with van der Waals surface area (Å²) in [6.07, 6.45) is 2.50. The van der Waals surface area contributed by atoms with Crippen LogP contribution >= 0.6 is 0 Å². The maximum atomic E-state index is 11.0. The van der Waals surface area contributed by atoms with E-state index in [9.17, 15) is 15.2 Å². The molecule has 0 unspecified atom stereocenters. The summed E-state index contributed by atoms with van der Waals surface area (Å²) in [5.41, 5.74) is 2.74. The van der Waals surface area contributed by atoms with Crippen molar-refractivity contribution in [3.05, 3.63) is 63.7 Å². The fourth-order valence-corrected chi connectivity index (χ4v) is 2.39. The SMILES string of the molecule is O=[N+]([O-])c1cc(O)ccc1NCc1cccc(C2CC2)c1. The highest BCUT2D eigenvalue weighted by atomic mass is 16.6. The van der Waals surface area contributed by atoms with Crippen LogP contribution in [0.5, 0.6) is 5.75 Å². The first-order valence-corrected chi connectivity index (χ1v) is 6.93. The minimum absolute atomic E-state index is 0.108. The second kappa shape index (κ2) is 5.44. The molecule has 0 radical (unpaired) electrons. The monoisotopic (exact) mass is 284 g/mol. The smallest absolute Gasteiger partial charge is 0.296 e. The van der Waals surface area contributed by atoms with Crippen molar-refractivity contribution in [3.8, 4) is 5.75 Å². The van der Waals surface area contributed by atoms with Crippen molar-refractivity contribution in [2.45, 2.75) is 25.3 Å². The van der Waals surface area contributed by atoms with Crippen molar-refractivity contribution >= 4 is 11.4 Å². The lowest BCUT2D eigenvalue weighted by Crippen LogP contribution is -2.02. The van der Waals surface area contributed by atoms with Gasteiger partial charge in [-0.2, -0.15) is 0 Å². The molecule has 0 atom stereocenters. The number of nitrogens with one attached hydrogen (secondary N) is 1. The van der Waals surface area contributed by atoms with E-state index in [0.29, 0.717) is 18.2 Å². The van der Waals surface area contributed by atoms with Gasteiger partial charge in [0.15, 0.2) is 0 Å². The Balaban J connectivity index is 1.75. The molecule has 5 nitrogen and oxygen atoms in total. The van der Waals surface area contributed by atoms with Crippen LogP contribution in [0.1, 0.15) is 29.9 Å². The van der Waals surface area contributed by atoms with Crippen molar-refractivity contribution in [3.63, 3.8) is 0 Å². The van der Waals surface area contributed by atoms with Gasteiger partial charge in [-0.15, -0.1) is 0 Å². The molecule has 2 aromatic carbocycles. The summed E-state index contributed by atoms with van der Waals surface area (Å²) in [7, 11) is 0. The molecule has 0 bridgehead atoms. The summed E-state index contributed by atoms with van der Waals surface area (Å²) in [4.78, 5) is 10.5. The first-order valence-electron chi connectivity index (χ1n) is 6.93. The molecule has 108 valence electrons. The quantitative estimate of drug-likeness (QED) is 0.497. The molecule has 0 amide bonds. The Morgan fingerprint density at radius 3 is 2.76 bits per heavy atom. The number of phenolic OH excluding ortho intramolecular Hbond substituents is 1. The van der Waals surface area contributed by atoms with Gasteiger partial charge in [0, 0.05) is 6.54 Å². The number of aromatic hydroxyl groups is 1. The lowest BCUT2D eigenvalue weighted by Gasteiger charge is -2.09. The number of anilines is 1. The van der Waals surface area contributed by atoms with E-state index in [0.717, 1.165) is 11.6 Å². The highest BCUT2D eigenvalue weighted by molar-refractivity contribution is 5.63. The number of nitro benzene ring substituents is 1. The molecule has 1 aliphatic rings. The van der Waals surface area contributed by atoms with E-state index in [-0.39, 0.29) is 11.4 Å². The van der Waals surface area contributed by atoms with Gasteiger partial charge in [-0.05, 0) is 42.0 Å². The molecule has 0 aromatic heterocycles. The van der Waals surface area contributed by atoms with Crippen molar-refractivity contribution in [2.24, 2.45) is 0 Å². The van der Waals surface area contributed by atoms with E-state index >= 15 is 0 Å². The van der Waals surface area contributed by atoms with E-state index in [4.69, 9.17) is 0 Å². The summed E-state index contributed by atoms with van der Waals surface area (Å²) in [6.45, 7) is 0.520. The molecule has 0 heterocycles. The third-order valence-electron chi connectivity index (χ3n) is 3.66. The molecule has 3 rings (SSSR count). The summed E-state index contributed by atoms with van der Waals surface area (Å²) >= 11 is 0. The van der Waals surface area contributed by atoms with E-state index in [1.54, 1.807) is 0 Å². The topological polar surface area (TPSA) is 75.4 Å². The number of hydrogen-bond donors (Lipinski definition) is 2. The second-order valence-electron chi connectivity index (χ2n) is 5.33. The van der Waals surface area contributed by atoms with Crippen molar-refractivity contribution in [2.75, 3.05) is 5.32 Å². The summed E-state index contributed by atoms with van der Waals surface area (Å²) in [6, 6.07) is 12.4. The van der Waals surface area contributed by atoms with Crippen LogP contribution in [0.3, 0.4) is 0 Å². The van der Waals surface area contributed by atoms with Gasteiger partial charge in [0.2, 0.25) is 0 Å². The van der Waals surface area contributed by atoms with Gasteiger partial charge in [0.05, 0.1) is 11.0 Å². The third kappa shape index (κ3) is 3.13. The predicted molar refractivity (Wildman–Crippen MR) is 80.5 cm³/mol. The summed E-state index contributed by atoms with van der Waals surface area (Å²) in [5, 5.41) is 23.4. The number of hydrogen-bond acceptors (Lipinski definition) is 4. The number of nitro groups is 1. The van der Waals surface area contributed by atoms with Crippen molar-refractivity contribution < 1.29 is 10.0 Å². The highest BCUT2D eigenvalue weighted by Crippen LogP contribution is 2.40. The first kappa shape index (κ1) is 13.4. The zero-order chi connectivity index (χ0) is 14.8. The molecule has 1 aliphatic carbocycles. The predicted octanol–water partition coefficient (Wildman–Crippen LogP) is 3.79. The molecule has 1 fully saturated rings. The van der Waals surface area contributed by atoms with E-state index < -0.39 is 4.92 Å². The van der Waals surface area contributed by atoms with Crippen LogP contribution in [0, 0.1) is 10.1 Å². The van der Waals surface area contributed by atoms with Crippen LogP contribution in [0.25, 0.3) is 0 Å². The van der Waals surface area contributed by atoms with Gasteiger partial charge in [-0.25, -0.2) is 0 Å². The van der Waals surface area contributed by atoms with Crippen molar-refractivity contribution in [1.82, 2.24) is 0 Å². The van der Waals surface area contributed by atoms with Crippen LogP contribution in [-0.2, 0) is 6.54 Å². The van der Waals surface area contributed by atoms with Gasteiger partial charge in [-0.1, -0.05) is 24.3 Å². The second-order valence-corrected chi connectivity index (χ2v) is 5.33. The maximum Gasteiger partial charge on any atom is 0.296 e. The average Bonchev–Trinajstić information content (AvgIpc) is 3.31. The molecule has 1 saturated carbocycles. The van der Waals surface area contributed by atoms with Crippen LogP contribution in [0.2, 0.25) is 0 Å². The largest absolute Gasteiger partial charge is 0.508 e. The van der Waals surface area contributed by atoms with Crippen molar-refractivity contribution in [1.29, 1.82) is 0 Å². The molecule has 0 saturated heterocycles. The molecule has 0 spiro atoms. The summed E-state index contributed by atoms with van der Waals surface area (Å²) < 4.78 is 0. The highest BCUT2D eigenvalue weighted by Gasteiger charge is 2.23. The Bertz CT molecular complexity index is 681. The standard InChI is InChI=1S/C16H16N2O3/c19-14-6-7-15(16(9-14)18(20)21)17-10-11-2-1-3-13(8-11)12-4-5-12/h1-3,6-9,12,17,19H,4-5,10H2. The number of rotatable bonds is 5. The molecule has 21 heavy (non-hydrogen) atoms. The number of phenols is 1. The third-order valence-corrected chi connectivity index (χ3v) is 3.66. The molecule has 5 heteroatoms. The average molecular weight is 284 g/mol. The summed E-state index contributed by atoms with van der Waals surface area (Å²) in [5.74, 6) is 0.580. The first-order chi connectivity index (χ1) is 10.1. The van der Waals surface area contributed by atoms with Crippen LogP contribution in [0.15, 0.2) is 42.5 Å². The Labute approximate surface area is 122 Å². The minimum atomic E-state index is -0.497. The van der Waals surface area contributed by atoms with Gasteiger partial charge >= 0.3 is 0 Å². The lowest BCUT2D eigenvalue weighted by molar-refractivity contribution is -0.384. The Morgan fingerprint density at radius 1 is 1.24 bits per heavy atom. The zero-order valence-electron chi connectivity index (χ0n) is 11.5. The van der Waals surface area contributed by atoms with Crippen LogP contribution < -0.4 is 5.32 Å². The van der Waals surface area contributed by atoms with Gasteiger partial charge in [-0.3, -0.25) is 10.1 Å². The normalized spacial score (nSPS) is 13.9. The molecular weight excluding hydrogens is 268 g/mol. The van der Waals surface area contributed by atoms with E-state index in [1.165, 1.54) is 30.5 Å². The Morgan fingerprint density at radius 2 is 2.05 bits per heavy atom. The van der Waals surface area contributed by atoms with Crippen LogP contribution in [-0.4, -0.2) is 10.0 Å². The van der Waals surface area contributed by atoms with Gasteiger partial charge in [0.25, 0.3) is 5.69 Å². The fourth-order valence-electron chi connectivity index (χ4n) is 2.39. The molecule has 2 N–H and O–H groups in total. The van der Waals surface area contributed by atoms with Gasteiger partial charge < -0.3 is 10.4 Å². The number of nitrogens with zero attached hydrogens (tertiary/aromatic N) is 1. The van der Waals surface area contributed by atoms with Crippen LogP contribution in [0.4, 0.5) is 11.4 Å². The van der Waals surface area contributed by atoms with Gasteiger partial charge in [0.1, 0.15) is 11.4 Å². The molecule has 2 aromatic rings.